The zero-order valence-electron chi connectivity index (χ0n) is 14.7. The zero-order chi connectivity index (χ0) is 18.8. The van der Waals surface area contributed by atoms with E-state index < -0.39 is 10.0 Å². The van der Waals surface area contributed by atoms with E-state index in [2.05, 4.69) is 0 Å². The SMILES string of the molecule is Cc1ccc(CN(C)C(=O)c2cc(S(=O)(=O)N(C)C)ccc2Cl)cc1. The molecule has 0 N–H and O–H groups in total. The lowest BCUT2D eigenvalue weighted by molar-refractivity contribution is 0.0785. The second-order valence-electron chi connectivity index (χ2n) is 6.08. The Morgan fingerprint density at radius 1 is 1.04 bits per heavy atom. The molecule has 0 aromatic heterocycles. The van der Waals surface area contributed by atoms with Gasteiger partial charge in [-0.25, -0.2) is 12.7 Å². The van der Waals surface area contributed by atoms with Crippen molar-refractivity contribution in [1.29, 1.82) is 0 Å². The lowest BCUT2D eigenvalue weighted by Gasteiger charge is -2.19. The second-order valence-corrected chi connectivity index (χ2v) is 8.63. The number of halogens is 1. The van der Waals surface area contributed by atoms with Crippen molar-refractivity contribution < 1.29 is 13.2 Å². The molecule has 2 aromatic rings. The maximum atomic E-state index is 12.7. The summed E-state index contributed by atoms with van der Waals surface area (Å²) in [7, 11) is 0.902. The quantitative estimate of drug-likeness (QED) is 0.800. The lowest BCUT2D eigenvalue weighted by Crippen LogP contribution is -2.27. The Bertz CT molecular complexity index is 878. The summed E-state index contributed by atoms with van der Waals surface area (Å²) in [5.41, 5.74) is 2.29. The summed E-state index contributed by atoms with van der Waals surface area (Å²) in [5, 5.41) is 0.221. The van der Waals surface area contributed by atoms with Crippen molar-refractivity contribution in [2.24, 2.45) is 0 Å². The highest BCUT2D eigenvalue weighted by Crippen LogP contribution is 2.23. The number of carbonyl (C=O) groups is 1. The van der Waals surface area contributed by atoms with Crippen LogP contribution in [0.5, 0.6) is 0 Å². The standard InChI is InChI=1S/C18H21ClN2O3S/c1-13-5-7-14(8-6-13)12-21(4)18(22)16-11-15(9-10-17(16)19)25(23,24)20(2)3/h5-11H,12H2,1-4H3. The summed E-state index contributed by atoms with van der Waals surface area (Å²) >= 11 is 6.13. The van der Waals surface area contributed by atoms with Gasteiger partial charge in [0, 0.05) is 27.7 Å². The number of amides is 1. The maximum Gasteiger partial charge on any atom is 0.255 e. The van der Waals surface area contributed by atoms with E-state index >= 15 is 0 Å². The van der Waals surface area contributed by atoms with E-state index in [1.165, 1.54) is 37.2 Å². The number of benzene rings is 2. The van der Waals surface area contributed by atoms with Crippen LogP contribution in [0.25, 0.3) is 0 Å². The van der Waals surface area contributed by atoms with Gasteiger partial charge in [0.2, 0.25) is 10.0 Å². The van der Waals surface area contributed by atoms with E-state index in [9.17, 15) is 13.2 Å². The molecule has 5 nitrogen and oxygen atoms in total. The number of hydrogen-bond acceptors (Lipinski definition) is 3. The van der Waals surface area contributed by atoms with Gasteiger partial charge in [-0.1, -0.05) is 41.4 Å². The monoisotopic (exact) mass is 380 g/mol. The average Bonchev–Trinajstić information content (AvgIpc) is 2.56. The van der Waals surface area contributed by atoms with Crippen molar-refractivity contribution >= 4 is 27.5 Å². The Balaban J connectivity index is 2.30. The van der Waals surface area contributed by atoms with Crippen LogP contribution in [0.4, 0.5) is 0 Å². The molecule has 0 bridgehead atoms. The molecule has 0 saturated carbocycles. The molecule has 0 spiro atoms. The molecule has 2 rings (SSSR count). The van der Waals surface area contributed by atoms with Crippen LogP contribution in [0.1, 0.15) is 21.5 Å². The third-order valence-corrected chi connectivity index (χ3v) is 5.97. The minimum Gasteiger partial charge on any atom is -0.337 e. The van der Waals surface area contributed by atoms with E-state index in [-0.39, 0.29) is 21.4 Å². The van der Waals surface area contributed by atoms with Gasteiger partial charge >= 0.3 is 0 Å². The molecule has 0 atom stereocenters. The van der Waals surface area contributed by atoms with Crippen LogP contribution in [0.3, 0.4) is 0 Å². The van der Waals surface area contributed by atoms with E-state index in [0.29, 0.717) is 6.54 Å². The summed E-state index contributed by atoms with van der Waals surface area (Å²) in [4.78, 5) is 14.3. The van der Waals surface area contributed by atoms with Crippen molar-refractivity contribution in [3.05, 3.63) is 64.2 Å². The van der Waals surface area contributed by atoms with Crippen molar-refractivity contribution in [2.75, 3.05) is 21.1 Å². The van der Waals surface area contributed by atoms with Crippen molar-refractivity contribution in [2.45, 2.75) is 18.4 Å². The van der Waals surface area contributed by atoms with Gasteiger partial charge in [0.15, 0.2) is 0 Å². The fraction of sp³-hybridized carbons (Fsp3) is 0.278. The molecular formula is C18H21ClN2O3S. The first-order valence-electron chi connectivity index (χ1n) is 7.66. The van der Waals surface area contributed by atoms with Crippen LogP contribution in [0, 0.1) is 6.92 Å². The Kier molecular flexibility index (Phi) is 5.87. The van der Waals surface area contributed by atoms with Gasteiger partial charge in [0.1, 0.15) is 0 Å². The Labute approximate surface area is 153 Å². The molecule has 7 heteroatoms. The van der Waals surface area contributed by atoms with Crippen LogP contribution < -0.4 is 0 Å². The first-order chi connectivity index (χ1) is 11.6. The van der Waals surface area contributed by atoms with Gasteiger partial charge in [-0.15, -0.1) is 0 Å². The molecule has 1 amide bonds. The molecule has 0 aliphatic heterocycles. The molecule has 2 aromatic carbocycles. The largest absolute Gasteiger partial charge is 0.337 e. The number of rotatable bonds is 5. The number of nitrogens with zero attached hydrogens (tertiary/aromatic N) is 2. The number of hydrogen-bond donors (Lipinski definition) is 0. The maximum absolute atomic E-state index is 12.7. The minimum absolute atomic E-state index is 0.0361. The molecule has 0 aliphatic carbocycles. The van der Waals surface area contributed by atoms with Crippen molar-refractivity contribution in [3.63, 3.8) is 0 Å². The van der Waals surface area contributed by atoms with E-state index in [1.54, 1.807) is 7.05 Å². The second kappa shape index (κ2) is 7.56. The third kappa shape index (κ3) is 4.39. The Hall–Kier alpha value is -1.89. The lowest BCUT2D eigenvalue weighted by atomic mass is 10.1. The Morgan fingerprint density at radius 2 is 1.64 bits per heavy atom. The highest BCUT2D eigenvalue weighted by atomic mass is 35.5. The summed E-state index contributed by atoms with van der Waals surface area (Å²) in [6, 6.07) is 12.0. The predicted octanol–water partition coefficient (Wildman–Crippen LogP) is 3.17. The molecule has 0 fully saturated rings. The average molecular weight is 381 g/mol. The summed E-state index contributed by atoms with van der Waals surface area (Å²) in [5.74, 6) is -0.332. The van der Waals surface area contributed by atoms with Gasteiger partial charge in [0.25, 0.3) is 5.91 Å². The van der Waals surface area contributed by atoms with Gasteiger partial charge in [-0.05, 0) is 30.7 Å². The molecule has 25 heavy (non-hydrogen) atoms. The van der Waals surface area contributed by atoms with Crippen molar-refractivity contribution in [1.82, 2.24) is 9.21 Å². The van der Waals surface area contributed by atoms with E-state index in [1.807, 2.05) is 31.2 Å². The summed E-state index contributed by atoms with van der Waals surface area (Å²) in [6.07, 6.45) is 0. The van der Waals surface area contributed by atoms with Crippen LogP contribution >= 0.6 is 11.6 Å². The van der Waals surface area contributed by atoms with Gasteiger partial charge < -0.3 is 4.90 Å². The van der Waals surface area contributed by atoms with Gasteiger partial charge in [-0.3, -0.25) is 4.79 Å². The van der Waals surface area contributed by atoms with E-state index in [0.717, 1.165) is 15.4 Å². The topological polar surface area (TPSA) is 57.7 Å². The van der Waals surface area contributed by atoms with Gasteiger partial charge in [-0.2, -0.15) is 0 Å². The summed E-state index contributed by atoms with van der Waals surface area (Å²) < 4.78 is 25.6. The first-order valence-corrected chi connectivity index (χ1v) is 9.48. The molecule has 0 aliphatic rings. The molecule has 0 heterocycles. The fourth-order valence-electron chi connectivity index (χ4n) is 2.28. The number of sulfonamides is 1. The molecule has 0 unspecified atom stereocenters. The molecule has 0 saturated heterocycles. The van der Waals surface area contributed by atoms with Crippen molar-refractivity contribution in [3.8, 4) is 0 Å². The van der Waals surface area contributed by atoms with Gasteiger partial charge in [0.05, 0.1) is 15.5 Å². The highest BCUT2D eigenvalue weighted by Gasteiger charge is 2.22. The molecule has 134 valence electrons. The zero-order valence-corrected chi connectivity index (χ0v) is 16.2. The highest BCUT2D eigenvalue weighted by molar-refractivity contribution is 7.89. The van der Waals surface area contributed by atoms with E-state index in [4.69, 9.17) is 11.6 Å². The normalized spacial score (nSPS) is 11.6. The number of carbonyl (C=O) groups excluding carboxylic acids is 1. The minimum atomic E-state index is -3.64. The van der Waals surface area contributed by atoms with Crippen LogP contribution in [0.2, 0.25) is 5.02 Å². The smallest absolute Gasteiger partial charge is 0.255 e. The third-order valence-electron chi connectivity index (χ3n) is 3.83. The summed E-state index contributed by atoms with van der Waals surface area (Å²) in [6.45, 7) is 2.40. The van der Waals surface area contributed by atoms with Crippen LogP contribution in [-0.4, -0.2) is 44.7 Å². The fourth-order valence-corrected chi connectivity index (χ4v) is 3.41. The predicted molar refractivity (Wildman–Crippen MR) is 99.3 cm³/mol. The Morgan fingerprint density at radius 3 is 2.20 bits per heavy atom. The van der Waals surface area contributed by atoms with Crippen LogP contribution in [-0.2, 0) is 16.6 Å². The molecule has 0 radical (unpaired) electrons. The van der Waals surface area contributed by atoms with Crippen LogP contribution in [0.15, 0.2) is 47.4 Å². The number of aryl methyl sites for hydroxylation is 1. The first kappa shape index (κ1) is 19.4. The molecular weight excluding hydrogens is 360 g/mol.